The van der Waals surface area contributed by atoms with Crippen LogP contribution in [0.25, 0.3) is 0 Å². The van der Waals surface area contributed by atoms with Gasteiger partial charge in [-0.1, -0.05) is 18.2 Å². The summed E-state index contributed by atoms with van der Waals surface area (Å²) in [5.74, 6) is -0.246. The Bertz CT molecular complexity index is 1010. The minimum atomic E-state index is -3.68. The number of fused-ring (bicyclic) bond motifs is 1. The fourth-order valence-corrected chi connectivity index (χ4v) is 4.09. The fourth-order valence-electron chi connectivity index (χ4n) is 3.16. The Kier molecular flexibility index (Phi) is 4.72. The van der Waals surface area contributed by atoms with Crippen molar-refractivity contribution in [2.45, 2.75) is 30.8 Å². The van der Waals surface area contributed by atoms with Crippen LogP contribution in [0.5, 0.6) is 0 Å². The molecule has 0 saturated heterocycles. The summed E-state index contributed by atoms with van der Waals surface area (Å²) in [6.07, 6.45) is 1.98. The van der Waals surface area contributed by atoms with Crippen LogP contribution in [0, 0.1) is 0 Å². The molecule has 138 valence electrons. The van der Waals surface area contributed by atoms with Crippen molar-refractivity contribution in [3.8, 4) is 0 Å². The number of benzene rings is 1. The van der Waals surface area contributed by atoms with E-state index in [1.54, 1.807) is 4.90 Å². The van der Waals surface area contributed by atoms with Crippen LogP contribution >= 0.6 is 0 Å². The van der Waals surface area contributed by atoms with Crippen molar-refractivity contribution in [2.75, 3.05) is 19.0 Å². The lowest BCUT2D eigenvalue weighted by atomic mass is 10.1. The highest BCUT2D eigenvalue weighted by molar-refractivity contribution is 7.89. The van der Waals surface area contributed by atoms with Crippen molar-refractivity contribution in [3.05, 3.63) is 58.5 Å². The lowest BCUT2D eigenvalue weighted by Gasteiger charge is -2.23. The Hall–Kier alpha value is -2.45. The number of nitrogens with zero attached hydrogens (tertiary/aromatic N) is 3. The molecular weight excluding hydrogens is 354 g/mol. The molecule has 0 bridgehead atoms. The summed E-state index contributed by atoms with van der Waals surface area (Å²) in [4.78, 5) is 26.6. The van der Waals surface area contributed by atoms with Crippen LogP contribution < -0.4 is 10.5 Å². The van der Waals surface area contributed by atoms with Gasteiger partial charge in [0.25, 0.3) is 5.56 Å². The number of carbonyl (C=O) groups excluding carboxylic acids is 1. The first kappa shape index (κ1) is 18.3. The van der Waals surface area contributed by atoms with Gasteiger partial charge < -0.3 is 9.47 Å². The molecule has 0 saturated carbocycles. The summed E-state index contributed by atoms with van der Waals surface area (Å²) in [5, 5.41) is 0. The molecule has 0 spiro atoms. The quantitative estimate of drug-likeness (QED) is 0.801. The molecule has 1 aromatic heterocycles. The standard InChI is InChI=1S/C18H21N3O4S/c1-13-10-14-6-4-5-7-16(14)21(13)18(23)12-20-11-15(8-9-17(20)22)26(24,25)19(2)3/h4-9,11,13H,10,12H2,1-3H3/t13-/m0/s1. The molecule has 26 heavy (non-hydrogen) atoms. The van der Waals surface area contributed by atoms with Crippen LogP contribution in [0.15, 0.2) is 52.3 Å². The molecular formula is C18H21N3O4S. The van der Waals surface area contributed by atoms with E-state index in [9.17, 15) is 18.0 Å². The molecule has 0 aliphatic carbocycles. The summed E-state index contributed by atoms with van der Waals surface area (Å²) in [5.41, 5.74) is 1.51. The van der Waals surface area contributed by atoms with Gasteiger partial charge in [-0.25, -0.2) is 12.7 Å². The number of sulfonamides is 1. The van der Waals surface area contributed by atoms with Crippen LogP contribution in [-0.2, 0) is 27.8 Å². The highest BCUT2D eigenvalue weighted by Crippen LogP contribution is 2.31. The molecule has 2 heterocycles. The first-order valence-corrected chi connectivity index (χ1v) is 9.69. The number of aromatic nitrogens is 1. The van der Waals surface area contributed by atoms with Crippen molar-refractivity contribution in [1.82, 2.24) is 8.87 Å². The van der Waals surface area contributed by atoms with E-state index in [0.29, 0.717) is 0 Å². The summed E-state index contributed by atoms with van der Waals surface area (Å²) in [7, 11) is -0.851. The Morgan fingerprint density at radius 1 is 1.19 bits per heavy atom. The molecule has 1 aliphatic heterocycles. The van der Waals surface area contributed by atoms with Crippen molar-refractivity contribution >= 4 is 21.6 Å². The number of hydrogen-bond acceptors (Lipinski definition) is 4. The molecule has 0 N–H and O–H groups in total. The van der Waals surface area contributed by atoms with Crippen molar-refractivity contribution in [3.63, 3.8) is 0 Å². The predicted octanol–water partition coefficient (Wildman–Crippen LogP) is 1.08. The maximum Gasteiger partial charge on any atom is 0.251 e. The van der Waals surface area contributed by atoms with Gasteiger partial charge in [0.1, 0.15) is 6.54 Å². The first-order valence-electron chi connectivity index (χ1n) is 8.25. The molecule has 8 heteroatoms. The number of pyridine rings is 1. The maximum absolute atomic E-state index is 12.8. The third-order valence-electron chi connectivity index (χ3n) is 4.52. The minimum absolute atomic E-state index is 0.00991. The molecule has 1 aromatic carbocycles. The smallest absolute Gasteiger partial charge is 0.251 e. The van der Waals surface area contributed by atoms with Gasteiger partial charge in [-0.05, 0) is 31.0 Å². The van der Waals surface area contributed by atoms with Crippen molar-refractivity contribution in [1.29, 1.82) is 0 Å². The van der Waals surface area contributed by atoms with Crippen LogP contribution in [0.1, 0.15) is 12.5 Å². The van der Waals surface area contributed by atoms with Gasteiger partial charge >= 0.3 is 0 Å². The van der Waals surface area contributed by atoms with Gasteiger partial charge in [0.2, 0.25) is 15.9 Å². The van der Waals surface area contributed by atoms with Crippen molar-refractivity contribution in [2.24, 2.45) is 0 Å². The molecule has 0 fully saturated rings. The lowest BCUT2D eigenvalue weighted by Crippen LogP contribution is -2.40. The second kappa shape index (κ2) is 6.69. The van der Waals surface area contributed by atoms with E-state index in [1.165, 1.54) is 32.4 Å². The van der Waals surface area contributed by atoms with Crippen molar-refractivity contribution < 1.29 is 13.2 Å². The zero-order chi connectivity index (χ0) is 19.1. The van der Waals surface area contributed by atoms with E-state index in [-0.39, 0.29) is 23.4 Å². The Labute approximate surface area is 152 Å². The van der Waals surface area contributed by atoms with Gasteiger partial charge in [-0.2, -0.15) is 0 Å². The van der Waals surface area contributed by atoms with Gasteiger partial charge in [0.05, 0.1) is 4.90 Å². The highest BCUT2D eigenvalue weighted by Gasteiger charge is 2.30. The average Bonchev–Trinajstić information content (AvgIpc) is 2.92. The molecule has 1 atom stereocenters. The zero-order valence-corrected chi connectivity index (χ0v) is 15.7. The molecule has 2 aromatic rings. The minimum Gasteiger partial charge on any atom is -0.307 e. The van der Waals surface area contributed by atoms with E-state index in [2.05, 4.69) is 0 Å². The second-order valence-corrected chi connectivity index (χ2v) is 8.72. The summed E-state index contributed by atoms with van der Waals surface area (Å²) in [6.45, 7) is 1.74. The second-order valence-electron chi connectivity index (χ2n) is 6.56. The fraction of sp³-hybridized carbons (Fsp3) is 0.333. The number of anilines is 1. The molecule has 0 unspecified atom stereocenters. The van der Waals surface area contributed by atoms with Gasteiger partial charge in [0, 0.05) is 38.1 Å². The topological polar surface area (TPSA) is 79.7 Å². The summed E-state index contributed by atoms with van der Waals surface area (Å²) >= 11 is 0. The largest absolute Gasteiger partial charge is 0.307 e. The van der Waals surface area contributed by atoms with Crippen LogP contribution in [0.3, 0.4) is 0 Å². The number of hydrogen-bond donors (Lipinski definition) is 0. The van der Waals surface area contributed by atoms with E-state index in [4.69, 9.17) is 0 Å². The SMILES string of the molecule is C[C@H]1Cc2ccccc2N1C(=O)Cn1cc(S(=O)(=O)N(C)C)ccc1=O. The highest BCUT2D eigenvalue weighted by atomic mass is 32.2. The third-order valence-corrected chi connectivity index (χ3v) is 6.32. The van der Waals surface area contributed by atoms with Crippen LogP contribution in [0.4, 0.5) is 5.69 Å². The molecule has 0 radical (unpaired) electrons. The lowest BCUT2D eigenvalue weighted by molar-refractivity contribution is -0.119. The normalized spacial score (nSPS) is 16.8. The average molecular weight is 375 g/mol. The Balaban J connectivity index is 1.92. The maximum atomic E-state index is 12.8. The molecule has 3 rings (SSSR count). The van der Waals surface area contributed by atoms with E-state index >= 15 is 0 Å². The molecule has 7 nitrogen and oxygen atoms in total. The van der Waals surface area contributed by atoms with E-state index in [0.717, 1.165) is 26.5 Å². The monoisotopic (exact) mass is 375 g/mol. The van der Waals surface area contributed by atoms with Gasteiger partial charge in [0.15, 0.2) is 0 Å². The van der Waals surface area contributed by atoms with Crippen LogP contribution in [0.2, 0.25) is 0 Å². The summed E-state index contributed by atoms with van der Waals surface area (Å²) in [6, 6.07) is 10.1. The van der Waals surface area contributed by atoms with E-state index < -0.39 is 15.6 Å². The van der Waals surface area contributed by atoms with Gasteiger partial charge in [-0.3, -0.25) is 9.59 Å². The number of amides is 1. The summed E-state index contributed by atoms with van der Waals surface area (Å²) < 4.78 is 26.7. The number of para-hydroxylation sites is 1. The number of rotatable bonds is 4. The van der Waals surface area contributed by atoms with E-state index in [1.807, 2.05) is 31.2 Å². The van der Waals surface area contributed by atoms with Gasteiger partial charge in [-0.15, -0.1) is 0 Å². The molecule has 1 amide bonds. The third kappa shape index (κ3) is 3.17. The predicted molar refractivity (Wildman–Crippen MR) is 98.7 cm³/mol. The van der Waals surface area contributed by atoms with Crippen LogP contribution in [-0.4, -0.2) is 43.3 Å². The number of carbonyl (C=O) groups is 1. The Morgan fingerprint density at radius 3 is 2.58 bits per heavy atom. The first-order chi connectivity index (χ1) is 12.2. The Morgan fingerprint density at radius 2 is 1.88 bits per heavy atom. The zero-order valence-electron chi connectivity index (χ0n) is 14.9. The molecule has 1 aliphatic rings.